The van der Waals surface area contributed by atoms with E-state index in [2.05, 4.69) is 17.4 Å². The lowest BCUT2D eigenvalue weighted by atomic mass is 9.92. The van der Waals surface area contributed by atoms with Crippen LogP contribution in [0.15, 0.2) is 48.5 Å². The summed E-state index contributed by atoms with van der Waals surface area (Å²) < 4.78 is 11.7. The summed E-state index contributed by atoms with van der Waals surface area (Å²) >= 11 is 0. The molecule has 0 aliphatic heterocycles. The number of hydrogen-bond donors (Lipinski definition) is 1. The zero-order valence-corrected chi connectivity index (χ0v) is 16.2. The number of ether oxygens (including phenoxy) is 2. The molecule has 27 heavy (non-hydrogen) atoms. The van der Waals surface area contributed by atoms with Crippen LogP contribution in [-0.2, 0) is 17.6 Å². The first-order valence-electron chi connectivity index (χ1n) is 9.92. The van der Waals surface area contributed by atoms with Gasteiger partial charge < -0.3 is 14.8 Å². The van der Waals surface area contributed by atoms with E-state index in [1.54, 1.807) is 0 Å². The molecule has 2 aromatic rings. The number of carbonyl (C=O) groups is 1. The normalized spacial score (nSPS) is 15.3. The number of aryl methyl sites for hydroxylation is 2. The number of fused-ring (bicyclic) bond motifs is 1. The van der Waals surface area contributed by atoms with Gasteiger partial charge in [-0.2, -0.15) is 0 Å². The minimum absolute atomic E-state index is 0.0978. The molecule has 0 saturated heterocycles. The largest absolute Gasteiger partial charge is 0.491 e. The molecule has 1 aliphatic rings. The van der Waals surface area contributed by atoms with Gasteiger partial charge >= 0.3 is 0 Å². The predicted octanol–water partition coefficient (Wildman–Crippen LogP) is 4.31. The number of hydrogen-bond acceptors (Lipinski definition) is 3. The van der Waals surface area contributed by atoms with Gasteiger partial charge in [0.25, 0.3) is 5.91 Å². The van der Waals surface area contributed by atoms with Crippen molar-refractivity contribution in [3.05, 3.63) is 59.7 Å². The Bertz CT molecular complexity index is 745. The molecule has 1 amide bonds. The van der Waals surface area contributed by atoms with Gasteiger partial charge in [-0.3, -0.25) is 4.79 Å². The summed E-state index contributed by atoms with van der Waals surface area (Å²) in [6, 6.07) is 15.8. The maximum Gasteiger partial charge on any atom is 0.261 e. The molecular formula is C23H29NO3. The fourth-order valence-corrected chi connectivity index (χ4v) is 3.39. The van der Waals surface area contributed by atoms with Crippen molar-refractivity contribution in [2.75, 3.05) is 6.61 Å². The van der Waals surface area contributed by atoms with E-state index in [1.807, 2.05) is 50.2 Å². The second-order valence-electron chi connectivity index (χ2n) is 7.19. The molecule has 2 aromatic carbocycles. The lowest BCUT2D eigenvalue weighted by Crippen LogP contribution is -2.44. The summed E-state index contributed by atoms with van der Waals surface area (Å²) in [6.45, 7) is 4.32. The van der Waals surface area contributed by atoms with E-state index in [0.29, 0.717) is 13.0 Å². The van der Waals surface area contributed by atoms with Gasteiger partial charge in [-0.05, 0) is 74.4 Å². The summed E-state index contributed by atoms with van der Waals surface area (Å²) in [5.41, 5.74) is 2.77. The Morgan fingerprint density at radius 2 is 1.78 bits per heavy atom. The van der Waals surface area contributed by atoms with Gasteiger partial charge in [-0.1, -0.05) is 31.2 Å². The molecule has 144 valence electrons. The minimum atomic E-state index is -0.495. The lowest BCUT2D eigenvalue weighted by molar-refractivity contribution is -0.128. The number of para-hydroxylation sites is 1. The highest BCUT2D eigenvalue weighted by atomic mass is 16.5. The molecule has 0 radical (unpaired) electrons. The van der Waals surface area contributed by atoms with Crippen LogP contribution in [0.1, 0.15) is 44.2 Å². The van der Waals surface area contributed by atoms with Crippen LogP contribution in [0.5, 0.6) is 11.5 Å². The standard InChI is InChI=1S/C23H29NO3/c1-3-22(27-21-14-13-18-9-7-8-10-19(18)15-21)23(25)24-17(2)16-26-20-11-5-4-6-12-20/h4-6,11-15,17,22H,3,7-10,16H2,1-2H3,(H,24,25)/t17-,22+/m1/s1. The summed E-state index contributed by atoms with van der Waals surface area (Å²) in [5.74, 6) is 1.49. The molecule has 1 N–H and O–H groups in total. The maximum atomic E-state index is 12.6. The fourth-order valence-electron chi connectivity index (χ4n) is 3.39. The topological polar surface area (TPSA) is 47.6 Å². The SMILES string of the molecule is CC[C@H](Oc1ccc2c(c1)CCCC2)C(=O)N[C@H](C)COc1ccccc1. The van der Waals surface area contributed by atoms with Crippen LogP contribution in [-0.4, -0.2) is 24.7 Å². The number of amides is 1. The van der Waals surface area contributed by atoms with Gasteiger partial charge in [0.15, 0.2) is 6.10 Å². The molecule has 0 fully saturated rings. The monoisotopic (exact) mass is 367 g/mol. The van der Waals surface area contributed by atoms with Crippen molar-refractivity contribution in [1.82, 2.24) is 5.32 Å². The number of rotatable bonds is 8. The van der Waals surface area contributed by atoms with Gasteiger partial charge in [-0.15, -0.1) is 0 Å². The number of nitrogens with one attached hydrogen (secondary N) is 1. The van der Waals surface area contributed by atoms with Crippen molar-refractivity contribution >= 4 is 5.91 Å². The Kier molecular flexibility index (Phi) is 6.74. The van der Waals surface area contributed by atoms with E-state index in [4.69, 9.17) is 9.47 Å². The highest BCUT2D eigenvalue weighted by Gasteiger charge is 2.21. The van der Waals surface area contributed by atoms with E-state index in [1.165, 1.54) is 24.0 Å². The molecule has 2 atom stereocenters. The van der Waals surface area contributed by atoms with Crippen molar-refractivity contribution in [3.8, 4) is 11.5 Å². The highest BCUT2D eigenvalue weighted by molar-refractivity contribution is 5.81. The molecule has 4 nitrogen and oxygen atoms in total. The van der Waals surface area contributed by atoms with Crippen molar-refractivity contribution in [3.63, 3.8) is 0 Å². The third-order valence-electron chi connectivity index (χ3n) is 4.89. The first-order valence-corrected chi connectivity index (χ1v) is 9.92. The Hall–Kier alpha value is -2.49. The second kappa shape index (κ2) is 9.45. The Morgan fingerprint density at radius 3 is 2.52 bits per heavy atom. The summed E-state index contributed by atoms with van der Waals surface area (Å²) in [6.07, 6.45) is 4.86. The fraction of sp³-hybridized carbons (Fsp3) is 0.435. The highest BCUT2D eigenvalue weighted by Crippen LogP contribution is 2.26. The molecule has 1 aliphatic carbocycles. The van der Waals surface area contributed by atoms with Crippen molar-refractivity contribution in [2.45, 2.75) is 58.1 Å². The van der Waals surface area contributed by atoms with Crippen LogP contribution in [0.4, 0.5) is 0 Å². The molecule has 0 saturated carbocycles. The van der Waals surface area contributed by atoms with E-state index in [-0.39, 0.29) is 11.9 Å². The van der Waals surface area contributed by atoms with Crippen LogP contribution >= 0.6 is 0 Å². The van der Waals surface area contributed by atoms with Gasteiger partial charge in [0, 0.05) is 0 Å². The quantitative estimate of drug-likeness (QED) is 0.756. The number of benzene rings is 2. The summed E-state index contributed by atoms with van der Waals surface area (Å²) in [4.78, 5) is 12.6. The Morgan fingerprint density at radius 1 is 1.04 bits per heavy atom. The first kappa shape index (κ1) is 19.3. The molecule has 3 rings (SSSR count). The Labute approximate surface area is 161 Å². The van der Waals surface area contributed by atoms with Crippen LogP contribution in [0.25, 0.3) is 0 Å². The summed E-state index contributed by atoms with van der Waals surface area (Å²) in [5, 5.41) is 2.99. The average molecular weight is 367 g/mol. The second-order valence-corrected chi connectivity index (χ2v) is 7.19. The Balaban J connectivity index is 1.52. The van der Waals surface area contributed by atoms with Crippen LogP contribution < -0.4 is 14.8 Å². The maximum absolute atomic E-state index is 12.6. The third-order valence-corrected chi connectivity index (χ3v) is 4.89. The van der Waals surface area contributed by atoms with Crippen molar-refractivity contribution in [1.29, 1.82) is 0 Å². The summed E-state index contributed by atoms with van der Waals surface area (Å²) in [7, 11) is 0. The van der Waals surface area contributed by atoms with Gasteiger partial charge in [-0.25, -0.2) is 0 Å². The van der Waals surface area contributed by atoms with E-state index < -0.39 is 6.10 Å². The van der Waals surface area contributed by atoms with Gasteiger partial charge in [0.05, 0.1) is 6.04 Å². The zero-order chi connectivity index (χ0) is 19.1. The molecule has 0 bridgehead atoms. The molecule has 0 unspecified atom stereocenters. The lowest BCUT2D eigenvalue weighted by Gasteiger charge is -2.22. The predicted molar refractivity (Wildman–Crippen MR) is 107 cm³/mol. The average Bonchev–Trinajstić information content (AvgIpc) is 2.71. The van der Waals surface area contributed by atoms with E-state index >= 15 is 0 Å². The third kappa shape index (κ3) is 5.49. The van der Waals surface area contributed by atoms with Crippen molar-refractivity contribution < 1.29 is 14.3 Å². The van der Waals surface area contributed by atoms with Crippen LogP contribution in [0.3, 0.4) is 0 Å². The minimum Gasteiger partial charge on any atom is -0.491 e. The van der Waals surface area contributed by atoms with E-state index in [0.717, 1.165) is 24.3 Å². The zero-order valence-electron chi connectivity index (χ0n) is 16.2. The first-order chi connectivity index (χ1) is 13.2. The van der Waals surface area contributed by atoms with Crippen molar-refractivity contribution in [2.24, 2.45) is 0 Å². The molecular weight excluding hydrogens is 338 g/mol. The van der Waals surface area contributed by atoms with Crippen LogP contribution in [0.2, 0.25) is 0 Å². The van der Waals surface area contributed by atoms with Crippen LogP contribution in [0, 0.1) is 0 Å². The smallest absolute Gasteiger partial charge is 0.261 e. The van der Waals surface area contributed by atoms with Gasteiger partial charge in [0.1, 0.15) is 18.1 Å². The number of carbonyl (C=O) groups excluding carboxylic acids is 1. The molecule has 0 spiro atoms. The van der Waals surface area contributed by atoms with Gasteiger partial charge in [0.2, 0.25) is 0 Å². The molecule has 0 heterocycles. The van der Waals surface area contributed by atoms with E-state index in [9.17, 15) is 4.79 Å². The molecule has 0 aromatic heterocycles. The molecule has 4 heteroatoms.